The largest absolute Gasteiger partial charge is 0.377 e. The van der Waals surface area contributed by atoms with Gasteiger partial charge in [0.15, 0.2) is 0 Å². The van der Waals surface area contributed by atoms with Gasteiger partial charge in [0, 0.05) is 25.0 Å². The molecule has 0 spiro atoms. The van der Waals surface area contributed by atoms with Gasteiger partial charge in [-0.1, -0.05) is 6.92 Å². The van der Waals surface area contributed by atoms with Crippen LogP contribution in [-0.4, -0.2) is 37.5 Å². The molecule has 0 radical (unpaired) electrons. The average molecular weight is 356 g/mol. The number of aryl methyl sites for hydroxylation is 1. The average Bonchev–Trinajstić information content (AvgIpc) is 3.29. The van der Waals surface area contributed by atoms with Gasteiger partial charge in [-0.05, 0) is 30.9 Å². The summed E-state index contributed by atoms with van der Waals surface area (Å²) in [6, 6.07) is 3.46. The maximum atomic E-state index is 14.5. The molecule has 136 valence electrons. The van der Waals surface area contributed by atoms with Crippen molar-refractivity contribution >= 4 is 17.1 Å². The number of nitrogens with one attached hydrogen (secondary N) is 1. The molecule has 3 aromatic heterocycles. The zero-order valence-corrected chi connectivity index (χ0v) is 14.7. The third-order valence-corrected chi connectivity index (χ3v) is 5.21. The van der Waals surface area contributed by atoms with Crippen molar-refractivity contribution in [3.8, 4) is 11.3 Å². The van der Waals surface area contributed by atoms with Gasteiger partial charge in [-0.25, -0.2) is 8.91 Å². The van der Waals surface area contributed by atoms with E-state index in [-0.39, 0.29) is 17.5 Å². The van der Waals surface area contributed by atoms with Gasteiger partial charge in [-0.3, -0.25) is 9.48 Å². The van der Waals surface area contributed by atoms with E-state index in [0.717, 1.165) is 17.7 Å². The minimum atomic E-state index is -0.963. The van der Waals surface area contributed by atoms with E-state index in [4.69, 9.17) is 5.73 Å². The first-order chi connectivity index (χ1) is 12.5. The number of amides is 1. The van der Waals surface area contributed by atoms with Crippen molar-refractivity contribution in [1.82, 2.24) is 19.4 Å². The molecule has 1 fully saturated rings. The maximum Gasteiger partial charge on any atom is 0.252 e. The number of carbonyl (C=O) groups excluding carboxylic acids is 1. The number of halogens is 1. The Bertz CT molecular complexity index is 977. The standard InChI is InChI=1S/C18H21FN6O/c1-10-3-4-13(16(10)19)23-17-12(18(20)26)8-22-25-9-11(7-15(17)25)14-5-6-21-24(14)2/h5-10,13,16,23H,3-4H2,1-2H3,(H2,20,26)/t10-,13+,16-/m0/s1. The van der Waals surface area contributed by atoms with Crippen LogP contribution in [0.3, 0.4) is 0 Å². The van der Waals surface area contributed by atoms with Crippen LogP contribution in [0, 0.1) is 5.92 Å². The van der Waals surface area contributed by atoms with Gasteiger partial charge in [0.25, 0.3) is 5.91 Å². The summed E-state index contributed by atoms with van der Waals surface area (Å²) in [5, 5.41) is 11.7. The van der Waals surface area contributed by atoms with Gasteiger partial charge >= 0.3 is 0 Å². The molecule has 3 atom stereocenters. The van der Waals surface area contributed by atoms with Crippen LogP contribution in [0.4, 0.5) is 10.1 Å². The van der Waals surface area contributed by atoms with Gasteiger partial charge in [0.05, 0.1) is 34.7 Å². The topological polar surface area (TPSA) is 90.2 Å². The van der Waals surface area contributed by atoms with Crippen LogP contribution in [0.25, 0.3) is 16.8 Å². The molecule has 0 saturated heterocycles. The Kier molecular flexibility index (Phi) is 3.90. The highest BCUT2D eigenvalue weighted by molar-refractivity contribution is 6.02. The van der Waals surface area contributed by atoms with Crippen molar-refractivity contribution in [2.75, 3.05) is 5.32 Å². The first-order valence-corrected chi connectivity index (χ1v) is 8.66. The summed E-state index contributed by atoms with van der Waals surface area (Å²) in [5.41, 5.74) is 8.83. The number of nitrogens with two attached hydrogens (primary N) is 1. The number of primary amides is 1. The number of hydrogen-bond acceptors (Lipinski definition) is 4. The Morgan fingerprint density at radius 3 is 2.81 bits per heavy atom. The van der Waals surface area contributed by atoms with Crippen molar-refractivity contribution in [2.45, 2.75) is 32.0 Å². The lowest BCUT2D eigenvalue weighted by molar-refractivity contribution is 0.100. The molecule has 1 saturated carbocycles. The molecule has 3 heterocycles. The number of alkyl halides is 1. The number of aromatic nitrogens is 4. The summed E-state index contributed by atoms with van der Waals surface area (Å²) < 4.78 is 17.9. The van der Waals surface area contributed by atoms with Crippen molar-refractivity contribution in [1.29, 1.82) is 0 Å². The summed E-state index contributed by atoms with van der Waals surface area (Å²) in [5.74, 6) is -0.591. The minimum Gasteiger partial charge on any atom is -0.377 e. The second-order valence-corrected chi connectivity index (χ2v) is 6.95. The highest BCUT2D eigenvalue weighted by Gasteiger charge is 2.34. The Hall–Kier alpha value is -2.90. The molecule has 0 aromatic carbocycles. The molecule has 0 bridgehead atoms. The number of anilines is 1. The second-order valence-electron chi connectivity index (χ2n) is 6.95. The molecule has 4 rings (SSSR count). The Balaban J connectivity index is 1.82. The van der Waals surface area contributed by atoms with E-state index in [0.29, 0.717) is 17.6 Å². The van der Waals surface area contributed by atoms with E-state index in [2.05, 4.69) is 15.5 Å². The minimum absolute atomic E-state index is 0.000764. The van der Waals surface area contributed by atoms with Crippen molar-refractivity contribution in [2.24, 2.45) is 18.7 Å². The van der Waals surface area contributed by atoms with Crippen LogP contribution < -0.4 is 11.1 Å². The molecule has 1 amide bonds. The van der Waals surface area contributed by atoms with Gasteiger partial charge in [-0.15, -0.1) is 0 Å². The molecule has 3 N–H and O–H groups in total. The van der Waals surface area contributed by atoms with E-state index in [1.54, 1.807) is 15.4 Å². The monoisotopic (exact) mass is 356 g/mol. The van der Waals surface area contributed by atoms with E-state index in [9.17, 15) is 9.18 Å². The fourth-order valence-electron chi connectivity index (χ4n) is 3.69. The molecule has 8 heteroatoms. The molecule has 0 aliphatic heterocycles. The summed E-state index contributed by atoms with van der Waals surface area (Å²) in [7, 11) is 1.85. The number of fused-ring (bicyclic) bond motifs is 1. The fourth-order valence-corrected chi connectivity index (χ4v) is 3.69. The summed E-state index contributed by atoms with van der Waals surface area (Å²) in [6.07, 6.45) is 5.56. The summed E-state index contributed by atoms with van der Waals surface area (Å²) in [6.45, 7) is 1.90. The summed E-state index contributed by atoms with van der Waals surface area (Å²) in [4.78, 5) is 11.9. The highest BCUT2D eigenvalue weighted by atomic mass is 19.1. The predicted octanol–water partition coefficient (Wildman–Crippen LogP) is 2.38. The van der Waals surface area contributed by atoms with E-state index in [1.165, 1.54) is 6.20 Å². The van der Waals surface area contributed by atoms with E-state index >= 15 is 0 Å². The number of nitrogens with zero attached hydrogens (tertiary/aromatic N) is 4. The van der Waals surface area contributed by atoms with E-state index in [1.807, 2.05) is 32.3 Å². The zero-order valence-electron chi connectivity index (χ0n) is 14.7. The molecule has 26 heavy (non-hydrogen) atoms. The first-order valence-electron chi connectivity index (χ1n) is 8.66. The Morgan fingerprint density at radius 2 is 2.19 bits per heavy atom. The maximum absolute atomic E-state index is 14.5. The van der Waals surface area contributed by atoms with E-state index < -0.39 is 12.1 Å². The van der Waals surface area contributed by atoms with Crippen LogP contribution in [0.15, 0.2) is 30.7 Å². The van der Waals surface area contributed by atoms with Crippen molar-refractivity contribution in [3.63, 3.8) is 0 Å². The molecule has 3 aromatic rings. The molecule has 0 unspecified atom stereocenters. The molecular weight excluding hydrogens is 335 g/mol. The second kappa shape index (κ2) is 6.12. The van der Waals surface area contributed by atoms with Gasteiger partial charge in [-0.2, -0.15) is 10.2 Å². The van der Waals surface area contributed by atoms with Gasteiger partial charge in [0.1, 0.15) is 6.17 Å². The van der Waals surface area contributed by atoms with Crippen LogP contribution in [-0.2, 0) is 7.05 Å². The Morgan fingerprint density at radius 1 is 1.38 bits per heavy atom. The van der Waals surface area contributed by atoms with Crippen molar-refractivity contribution < 1.29 is 9.18 Å². The third kappa shape index (κ3) is 2.61. The van der Waals surface area contributed by atoms with Crippen LogP contribution in [0.1, 0.15) is 30.1 Å². The molecule has 1 aliphatic rings. The summed E-state index contributed by atoms with van der Waals surface area (Å²) >= 11 is 0. The number of rotatable bonds is 4. The normalized spacial score (nSPS) is 22.8. The zero-order chi connectivity index (χ0) is 18.4. The first kappa shape index (κ1) is 16.6. The van der Waals surface area contributed by atoms with Crippen LogP contribution in [0.5, 0.6) is 0 Å². The van der Waals surface area contributed by atoms with Crippen LogP contribution in [0.2, 0.25) is 0 Å². The lowest BCUT2D eigenvalue weighted by atomic mass is 10.1. The third-order valence-electron chi connectivity index (χ3n) is 5.21. The predicted molar refractivity (Wildman–Crippen MR) is 96.6 cm³/mol. The fraction of sp³-hybridized carbons (Fsp3) is 0.389. The molecule has 1 aliphatic carbocycles. The van der Waals surface area contributed by atoms with Gasteiger partial charge in [0.2, 0.25) is 0 Å². The van der Waals surface area contributed by atoms with Crippen molar-refractivity contribution in [3.05, 3.63) is 36.3 Å². The smallest absolute Gasteiger partial charge is 0.252 e. The van der Waals surface area contributed by atoms with Crippen LogP contribution >= 0.6 is 0 Å². The molecule has 7 nitrogen and oxygen atoms in total. The lowest BCUT2D eigenvalue weighted by Gasteiger charge is -2.20. The highest BCUT2D eigenvalue weighted by Crippen LogP contribution is 2.34. The number of carbonyl (C=O) groups is 1. The Labute approximate surface area is 150 Å². The number of hydrogen-bond donors (Lipinski definition) is 2. The molecular formula is C18H21FN6O. The quantitative estimate of drug-likeness (QED) is 0.751. The van der Waals surface area contributed by atoms with Gasteiger partial charge < -0.3 is 11.1 Å². The SMILES string of the molecule is C[C@H]1CC[C@@H](Nc2c(C(N)=O)cnn3cc(-c4ccnn4C)cc23)[C@H]1F. The lowest BCUT2D eigenvalue weighted by Crippen LogP contribution is -2.29.